The first kappa shape index (κ1) is 21.0. The summed E-state index contributed by atoms with van der Waals surface area (Å²) in [5.41, 5.74) is 3.59. The third-order valence-electron chi connectivity index (χ3n) is 6.00. The normalized spacial score (nSPS) is 14.1. The minimum atomic E-state index is -0.557. The number of nitrogens with one attached hydrogen (secondary N) is 1. The van der Waals surface area contributed by atoms with Crippen molar-refractivity contribution in [2.75, 3.05) is 5.32 Å². The molecule has 0 saturated heterocycles. The Hall–Kier alpha value is -3.88. The van der Waals surface area contributed by atoms with Crippen LogP contribution in [0.25, 0.3) is 10.9 Å². The maximum absolute atomic E-state index is 10.2. The van der Waals surface area contributed by atoms with Crippen LogP contribution in [0, 0.1) is 24.7 Å². The minimum absolute atomic E-state index is 0.315. The highest BCUT2D eigenvalue weighted by atomic mass is 16.5. The molecule has 5 heteroatoms. The second-order valence-electron chi connectivity index (χ2n) is 8.38. The molecule has 1 aromatic heterocycles. The fourth-order valence-electron chi connectivity index (χ4n) is 3.86. The van der Waals surface area contributed by atoms with E-state index in [2.05, 4.69) is 27.1 Å². The van der Waals surface area contributed by atoms with Gasteiger partial charge in [-0.1, -0.05) is 36.5 Å². The van der Waals surface area contributed by atoms with E-state index in [9.17, 15) is 5.11 Å². The highest BCUT2D eigenvalue weighted by Crippen LogP contribution is 2.31. The van der Waals surface area contributed by atoms with Gasteiger partial charge < -0.3 is 15.2 Å². The summed E-state index contributed by atoms with van der Waals surface area (Å²) in [6, 6.07) is 21.5. The van der Waals surface area contributed by atoms with Gasteiger partial charge in [-0.05, 0) is 79.8 Å². The molecule has 3 aromatic carbocycles. The summed E-state index contributed by atoms with van der Waals surface area (Å²) in [6.07, 6.45) is 4.30. The molecule has 1 heterocycles. The molecule has 5 rings (SSSR count). The molecule has 1 saturated carbocycles. The topological polar surface area (TPSA) is 67.3 Å². The van der Waals surface area contributed by atoms with Gasteiger partial charge in [0, 0.05) is 16.6 Å². The average Bonchev–Trinajstić information content (AvgIpc) is 2.79. The highest BCUT2D eigenvalue weighted by Gasteiger charge is 2.23. The lowest BCUT2D eigenvalue weighted by Crippen LogP contribution is -2.25. The van der Waals surface area contributed by atoms with E-state index < -0.39 is 6.10 Å². The molecule has 164 valence electrons. The van der Waals surface area contributed by atoms with Crippen LogP contribution in [-0.4, -0.2) is 21.2 Å². The molecule has 2 N–H and O–H groups in total. The van der Waals surface area contributed by atoms with Gasteiger partial charge in [0.2, 0.25) is 0 Å². The maximum Gasteiger partial charge on any atom is 0.141 e. The summed E-state index contributed by atoms with van der Waals surface area (Å²) in [5, 5.41) is 14.5. The molecule has 1 aliphatic carbocycles. The molecule has 1 fully saturated rings. The van der Waals surface area contributed by atoms with Crippen molar-refractivity contribution in [1.29, 1.82) is 0 Å². The van der Waals surface area contributed by atoms with Crippen molar-refractivity contribution >= 4 is 22.4 Å². The number of anilines is 2. The van der Waals surface area contributed by atoms with E-state index >= 15 is 0 Å². The van der Waals surface area contributed by atoms with Gasteiger partial charge in [0.05, 0.1) is 5.52 Å². The number of aromatic nitrogens is 2. The second-order valence-corrected chi connectivity index (χ2v) is 8.38. The monoisotopic (exact) mass is 435 g/mol. The Kier molecular flexibility index (Phi) is 5.93. The van der Waals surface area contributed by atoms with Gasteiger partial charge in [0.25, 0.3) is 0 Å². The van der Waals surface area contributed by atoms with E-state index in [0.717, 1.165) is 52.1 Å². The number of nitrogens with zero attached hydrogens (tertiary/aromatic N) is 2. The van der Waals surface area contributed by atoms with Crippen LogP contribution in [0.5, 0.6) is 11.5 Å². The Morgan fingerprint density at radius 1 is 1.03 bits per heavy atom. The fourth-order valence-corrected chi connectivity index (χ4v) is 3.86. The van der Waals surface area contributed by atoms with Crippen LogP contribution < -0.4 is 10.1 Å². The third-order valence-corrected chi connectivity index (χ3v) is 6.00. The predicted octanol–water partition coefficient (Wildman–Crippen LogP) is 5.99. The summed E-state index contributed by atoms with van der Waals surface area (Å²) in [7, 11) is 0. The van der Waals surface area contributed by atoms with Gasteiger partial charge in [0.1, 0.15) is 29.7 Å². The van der Waals surface area contributed by atoms with Crippen LogP contribution >= 0.6 is 0 Å². The zero-order valence-electron chi connectivity index (χ0n) is 18.5. The van der Waals surface area contributed by atoms with E-state index in [1.165, 1.54) is 6.42 Å². The third kappa shape index (κ3) is 4.82. The molecule has 4 aromatic rings. The fraction of sp³-hybridized carbons (Fsp3) is 0.214. The van der Waals surface area contributed by atoms with Crippen LogP contribution in [0.1, 0.15) is 30.4 Å². The highest BCUT2D eigenvalue weighted by molar-refractivity contribution is 5.91. The molecular formula is C28H25N3O2. The summed E-state index contributed by atoms with van der Waals surface area (Å²) in [4.78, 5) is 8.84. The van der Waals surface area contributed by atoms with Crippen LogP contribution in [0.2, 0.25) is 0 Å². The lowest BCUT2D eigenvalue weighted by molar-refractivity contribution is 0.108. The summed E-state index contributed by atoms with van der Waals surface area (Å²) in [5.74, 6) is 8.75. The zero-order chi connectivity index (χ0) is 22.6. The number of ether oxygens (including phenoxy) is 1. The Bertz CT molecular complexity index is 1340. The van der Waals surface area contributed by atoms with Crippen LogP contribution in [0.3, 0.4) is 0 Å². The number of hydrogen-bond donors (Lipinski definition) is 2. The molecule has 5 nitrogen and oxygen atoms in total. The van der Waals surface area contributed by atoms with Crippen molar-refractivity contribution in [3.63, 3.8) is 0 Å². The Morgan fingerprint density at radius 2 is 1.88 bits per heavy atom. The zero-order valence-corrected chi connectivity index (χ0v) is 18.5. The minimum Gasteiger partial charge on any atom is -0.457 e. The molecular weight excluding hydrogens is 410 g/mol. The number of benzene rings is 3. The van der Waals surface area contributed by atoms with Crippen LogP contribution in [-0.2, 0) is 0 Å². The molecule has 1 unspecified atom stereocenters. The first-order chi connectivity index (χ1) is 16.2. The number of aliphatic hydroxyl groups is 1. The molecule has 1 atom stereocenters. The van der Waals surface area contributed by atoms with Gasteiger partial charge in [-0.2, -0.15) is 0 Å². The smallest absolute Gasteiger partial charge is 0.141 e. The second kappa shape index (κ2) is 9.32. The first-order valence-corrected chi connectivity index (χ1v) is 11.2. The summed E-state index contributed by atoms with van der Waals surface area (Å²) in [6.45, 7) is 2.02. The molecule has 0 spiro atoms. The van der Waals surface area contributed by atoms with Crippen molar-refractivity contribution in [3.05, 3.63) is 84.2 Å². The summed E-state index contributed by atoms with van der Waals surface area (Å²) < 4.78 is 5.99. The Morgan fingerprint density at radius 3 is 2.64 bits per heavy atom. The molecule has 0 amide bonds. The Labute approximate surface area is 193 Å². The van der Waals surface area contributed by atoms with E-state index in [4.69, 9.17) is 4.74 Å². The van der Waals surface area contributed by atoms with Crippen molar-refractivity contribution < 1.29 is 9.84 Å². The molecule has 1 aliphatic rings. The van der Waals surface area contributed by atoms with Gasteiger partial charge in [-0.3, -0.25) is 0 Å². The number of aliphatic hydroxyl groups excluding tert-OH is 1. The van der Waals surface area contributed by atoms with E-state index in [1.54, 1.807) is 6.33 Å². The number of aryl methyl sites for hydroxylation is 1. The average molecular weight is 436 g/mol. The van der Waals surface area contributed by atoms with Crippen molar-refractivity contribution in [2.45, 2.75) is 32.3 Å². The maximum atomic E-state index is 10.2. The standard InChI is InChI=1S/C28H25N3O2/c1-19-16-22(12-15-27(19)33-23-8-3-2-4-9-23)31-28-24-17-20(10-13-25(24)29-18-30-28)11-14-26(32)21-6-5-7-21/h2-4,8-10,12-13,15-18,21,26,32H,5-7H2,1H3,(H,29,30,31). The number of fused-ring (bicyclic) bond motifs is 1. The predicted molar refractivity (Wildman–Crippen MR) is 131 cm³/mol. The van der Waals surface area contributed by atoms with Crippen molar-refractivity contribution in [1.82, 2.24) is 9.97 Å². The lowest BCUT2D eigenvalue weighted by atomic mass is 9.81. The SMILES string of the molecule is Cc1cc(Nc2ncnc3ccc(C#CC(O)C4CCC4)cc23)ccc1Oc1ccccc1. The first-order valence-electron chi connectivity index (χ1n) is 11.2. The summed E-state index contributed by atoms with van der Waals surface area (Å²) >= 11 is 0. The Balaban J connectivity index is 1.38. The van der Waals surface area contributed by atoms with Gasteiger partial charge in [0.15, 0.2) is 0 Å². The molecule has 0 bridgehead atoms. The largest absolute Gasteiger partial charge is 0.457 e. The van der Waals surface area contributed by atoms with E-state index in [1.807, 2.05) is 73.7 Å². The van der Waals surface area contributed by atoms with Gasteiger partial charge >= 0.3 is 0 Å². The molecule has 0 radical (unpaired) electrons. The van der Waals surface area contributed by atoms with Gasteiger partial charge in [-0.15, -0.1) is 0 Å². The van der Waals surface area contributed by atoms with E-state index in [-0.39, 0.29) is 0 Å². The van der Waals surface area contributed by atoms with Crippen LogP contribution in [0.15, 0.2) is 73.1 Å². The van der Waals surface area contributed by atoms with Crippen molar-refractivity contribution in [2.24, 2.45) is 5.92 Å². The quantitative estimate of drug-likeness (QED) is 0.377. The number of rotatable bonds is 5. The number of para-hydroxylation sites is 1. The van der Waals surface area contributed by atoms with Crippen molar-refractivity contribution in [3.8, 4) is 23.3 Å². The van der Waals surface area contributed by atoms with Gasteiger partial charge in [-0.25, -0.2) is 9.97 Å². The lowest BCUT2D eigenvalue weighted by Gasteiger charge is -2.26. The molecule has 0 aliphatic heterocycles. The number of hydrogen-bond acceptors (Lipinski definition) is 5. The van der Waals surface area contributed by atoms with E-state index in [0.29, 0.717) is 11.7 Å². The molecule has 33 heavy (non-hydrogen) atoms. The van der Waals surface area contributed by atoms with Crippen LogP contribution in [0.4, 0.5) is 11.5 Å².